The van der Waals surface area contributed by atoms with Gasteiger partial charge < -0.3 is 4.98 Å². The molecule has 114 valence electrons. The van der Waals surface area contributed by atoms with Crippen LogP contribution in [0.4, 0.5) is 0 Å². The molecule has 0 aliphatic heterocycles. The molecule has 0 radical (unpaired) electrons. The standard InChI is InChI=1S/C16H17BrN4O/c1-3-4-12-14-15(21(2)20-12)16(22)19-13(18-14)9-10-5-7-11(17)8-6-10/h5-8H,3-4,9H2,1-2H3,(H,18,19,22). The van der Waals surface area contributed by atoms with Gasteiger partial charge in [0.05, 0.1) is 5.69 Å². The summed E-state index contributed by atoms with van der Waals surface area (Å²) < 4.78 is 2.65. The fraction of sp³-hybridized carbons (Fsp3) is 0.312. The molecule has 0 fully saturated rings. The summed E-state index contributed by atoms with van der Waals surface area (Å²) in [6, 6.07) is 8.01. The highest BCUT2D eigenvalue weighted by atomic mass is 79.9. The van der Waals surface area contributed by atoms with Gasteiger partial charge in [-0.15, -0.1) is 0 Å². The van der Waals surface area contributed by atoms with E-state index in [4.69, 9.17) is 0 Å². The Balaban J connectivity index is 2.05. The Morgan fingerprint density at radius 3 is 2.68 bits per heavy atom. The van der Waals surface area contributed by atoms with Gasteiger partial charge in [-0.1, -0.05) is 41.4 Å². The van der Waals surface area contributed by atoms with Crippen LogP contribution in [0.3, 0.4) is 0 Å². The van der Waals surface area contributed by atoms with Crippen molar-refractivity contribution in [3.63, 3.8) is 0 Å². The van der Waals surface area contributed by atoms with E-state index in [0.717, 1.165) is 34.1 Å². The van der Waals surface area contributed by atoms with Gasteiger partial charge in [-0.25, -0.2) is 4.98 Å². The van der Waals surface area contributed by atoms with Gasteiger partial charge in [-0.3, -0.25) is 9.48 Å². The van der Waals surface area contributed by atoms with E-state index < -0.39 is 0 Å². The molecular formula is C16H17BrN4O. The van der Waals surface area contributed by atoms with Crippen LogP contribution >= 0.6 is 15.9 Å². The van der Waals surface area contributed by atoms with Crippen LogP contribution in [0.15, 0.2) is 33.5 Å². The zero-order valence-electron chi connectivity index (χ0n) is 12.6. The van der Waals surface area contributed by atoms with Crippen LogP contribution in [0.25, 0.3) is 11.0 Å². The van der Waals surface area contributed by atoms with Crippen LogP contribution in [0.2, 0.25) is 0 Å². The zero-order valence-corrected chi connectivity index (χ0v) is 14.1. The molecule has 0 amide bonds. The van der Waals surface area contributed by atoms with Gasteiger partial charge in [0.25, 0.3) is 5.56 Å². The lowest BCUT2D eigenvalue weighted by Crippen LogP contribution is -2.14. The summed E-state index contributed by atoms with van der Waals surface area (Å²) in [6.07, 6.45) is 2.40. The molecule has 2 aromatic heterocycles. The number of aryl methyl sites for hydroxylation is 2. The van der Waals surface area contributed by atoms with Crippen molar-refractivity contribution in [1.29, 1.82) is 0 Å². The molecule has 5 nitrogen and oxygen atoms in total. The predicted octanol–water partition coefficient (Wildman–Crippen LogP) is 2.96. The van der Waals surface area contributed by atoms with Crippen molar-refractivity contribution in [2.45, 2.75) is 26.2 Å². The first-order valence-corrected chi connectivity index (χ1v) is 8.07. The molecule has 6 heteroatoms. The third kappa shape index (κ3) is 2.83. The molecule has 2 heterocycles. The molecule has 0 aliphatic rings. The summed E-state index contributed by atoms with van der Waals surface area (Å²) in [5.74, 6) is 0.671. The number of hydrogen-bond acceptors (Lipinski definition) is 3. The number of nitrogens with zero attached hydrogens (tertiary/aromatic N) is 3. The summed E-state index contributed by atoms with van der Waals surface area (Å²) >= 11 is 3.42. The second-order valence-electron chi connectivity index (χ2n) is 5.33. The van der Waals surface area contributed by atoms with Crippen LogP contribution in [0, 0.1) is 0 Å². The van der Waals surface area contributed by atoms with E-state index in [1.165, 1.54) is 0 Å². The number of nitrogens with one attached hydrogen (secondary N) is 1. The quantitative estimate of drug-likeness (QED) is 0.777. The highest BCUT2D eigenvalue weighted by Gasteiger charge is 2.14. The SMILES string of the molecule is CCCc1nn(C)c2c(=O)[nH]c(Cc3ccc(Br)cc3)nc12. The maximum Gasteiger partial charge on any atom is 0.277 e. The predicted molar refractivity (Wildman–Crippen MR) is 90.1 cm³/mol. The number of aromatic amines is 1. The van der Waals surface area contributed by atoms with Gasteiger partial charge in [0.2, 0.25) is 0 Å². The molecule has 0 unspecified atom stereocenters. The van der Waals surface area contributed by atoms with Gasteiger partial charge in [0, 0.05) is 17.9 Å². The third-order valence-electron chi connectivity index (χ3n) is 3.58. The number of benzene rings is 1. The van der Waals surface area contributed by atoms with E-state index in [1.807, 2.05) is 24.3 Å². The van der Waals surface area contributed by atoms with Crippen LogP contribution in [0.1, 0.15) is 30.4 Å². The van der Waals surface area contributed by atoms with Crippen molar-refractivity contribution in [2.75, 3.05) is 0 Å². The number of H-pyrrole nitrogens is 1. The van der Waals surface area contributed by atoms with Crippen molar-refractivity contribution in [3.05, 3.63) is 56.2 Å². The van der Waals surface area contributed by atoms with Gasteiger partial charge in [-0.2, -0.15) is 5.10 Å². The average Bonchev–Trinajstić information content (AvgIpc) is 2.79. The lowest BCUT2D eigenvalue weighted by atomic mass is 10.1. The summed E-state index contributed by atoms with van der Waals surface area (Å²) in [6.45, 7) is 2.09. The highest BCUT2D eigenvalue weighted by molar-refractivity contribution is 9.10. The lowest BCUT2D eigenvalue weighted by molar-refractivity contribution is 0.750. The first-order valence-electron chi connectivity index (χ1n) is 7.27. The molecule has 3 rings (SSSR count). The van der Waals surface area contributed by atoms with Crippen LogP contribution in [-0.2, 0) is 19.9 Å². The summed E-state index contributed by atoms with van der Waals surface area (Å²) in [5, 5.41) is 4.43. The topological polar surface area (TPSA) is 63.6 Å². The Morgan fingerprint density at radius 1 is 1.27 bits per heavy atom. The minimum Gasteiger partial charge on any atom is -0.308 e. The Hall–Kier alpha value is -1.95. The van der Waals surface area contributed by atoms with Crippen molar-refractivity contribution in [1.82, 2.24) is 19.7 Å². The molecule has 0 atom stereocenters. The Kier molecular flexibility index (Phi) is 4.11. The maximum atomic E-state index is 12.3. The van der Waals surface area contributed by atoms with Crippen LogP contribution in [0.5, 0.6) is 0 Å². The minimum absolute atomic E-state index is 0.130. The van der Waals surface area contributed by atoms with E-state index in [-0.39, 0.29) is 5.56 Å². The number of halogens is 1. The van der Waals surface area contributed by atoms with Crippen molar-refractivity contribution >= 4 is 27.0 Å². The number of fused-ring (bicyclic) bond motifs is 1. The Labute approximate surface area is 136 Å². The third-order valence-corrected chi connectivity index (χ3v) is 4.11. The van der Waals surface area contributed by atoms with E-state index in [1.54, 1.807) is 11.7 Å². The smallest absolute Gasteiger partial charge is 0.277 e. The zero-order chi connectivity index (χ0) is 15.7. The van der Waals surface area contributed by atoms with Crippen LogP contribution in [-0.4, -0.2) is 19.7 Å². The lowest BCUT2D eigenvalue weighted by Gasteiger charge is -2.03. The minimum atomic E-state index is -0.130. The molecule has 0 saturated heterocycles. The van der Waals surface area contributed by atoms with Gasteiger partial charge >= 0.3 is 0 Å². The van der Waals surface area contributed by atoms with Crippen LogP contribution < -0.4 is 5.56 Å². The number of hydrogen-bond donors (Lipinski definition) is 1. The van der Waals surface area contributed by atoms with Crippen molar-refractivity contribution < 1.29 is 0 Å². The highest BCUT2D eigenvalue weighted by Crippen LogP contribution is 2.16. The maximum absolute atomic E-state index is 12.3. The van der Waals surface area contributed by atoms with E-state index in [9.17, 15) is 4.79 Å². The van der Waals surface area contributed by atoms with Gasteiger partial charge in [-0.05, 0) is 24.1 Å². The molecular weight excluding hydrogens is 344 g/mol. The van der Waals surface area contributed by atoms with E-state index >= 15 is 0 Å². The molecule has 1 aromatic carbocycles. The molecule has 0 spiro atoms. The summed E-state index contributed by atoms with van der Waals surface area (Å²) in [4.78, 5) is 19.8. The Bertz CT molecular complexity index is 864. The van der Waals surface area contributed by atoms with Crippen molar-refractivity contribution in [3.8, 4) is 0 Å². The normalized spacial score (nSPS) is 11.2. The Morgan fingerprint density at radius 2 is 2.00 bits per heavy atom. The summed E-state index contributed by atoms with van der Waals surface area (Å²) in [5.41, 5.74) is 3.13. The summed E-state index contributed by atoms with van der Waals surface area (Å²) in [7, 11) is 1.78. The molecule has 0 saturated carbocycles. The largest absolute Gasteiger partial charge is 0.308 e. The monoisotopic (exact) mass is 360 g/mol. The number of rotatable bonds is 4. The molecule has 0 aliphatic carbocycles. The van der Waals surface area contributed by atoms with Gasteiger partial charge in [0.15, 0.2) is 5.52 Å². The van der Waals surface area contributed by atoms with Crippen molar-refractivity contribution in [2.24, 2.45) is 7.05 Å². The molecule has 1 N–H and O–H groups in total. The van der Waals surface area contributed by atoms with Gasteiger partial charge in [0.1, 0.15) is 11.3 Å². The fourth-order valence-electron chi connectivity index (χ4n) is 2.58. The van der Waals surface area contributed by atoms with E-state index in [0.29, 0.717) is 17.8 Å². The first-order chi connectivity index (χ1) is 10.6. The first kappa shape index (κ1) is 15.0. The second kappa shape index (κ2) is 6.04. The fourth-order valence-corrected chi connectivity index (χ4v) is 2.84. The molecule has 3 aromatic rings. The number of aromatic nitrogens is 4. The average molecular weight is 361 g/mol. The molecule has 22 heavy (non-hydrogen) atoms. The van der Waals surface area contributed by atoms with E-state index in [2.05, 4.69) is 37.9 Å². The molecule has 0 bridgehead atoms. The second-order valence-corrected chi connectivity index (χ2v) is 6.25.